The Labute approximate surface area is 201 Å². The van der Waals surface area contributed by atoms with E-state index in [4.69, 9.17) is 11.6 Å². The summed E-state index contributed by atoms with van der Waals surface area (Å²) in [5.74, 6) is -0.835. The topological polar surface area (TPSA) is 86.8 Å². The molecule has 0 aliphatic rings. The van der Waals surface area contributed by atoms with Crippen LogP contribution in [0.4, 0.5) is 5.69 Å². The minimum absolute atomic E-state index is 0.101. The largest absolute Gasteiger partial charge is 0.350 e. The first kappa shape index (κ1) is 26.7. The molecule has 2 aromatic carbocycles. The van der Waals surface area contributed by atoms with Gasteiger partial charge in [0.1, 0.15) is 12.6 Å². The lowest BCUT2D eigenvalue weighted by Gasteiger charge is -2.33. The summed E-state index contributed by atoms with van der Waals surface area (Å²) >= 11 is 6.11. The van der Waals surface area contributed by atoms with Crippen molar-refractivity contribution in [3.8, 4) is 0 Å². The summed E-state index contributed by atoms with van der Waals surface area (Å²) in [5.41, 5.74) is 1.49. The van der Waals surface area contributed by atoms with E-state index in [0.717, 1.165) is 21.7 Å². The number of nitrogens with zero attached hydrogens (tertiary/aromatic N) is 2. The second kappa shape index (κ2) is 10.6. The van der Waals surface area contributed by atoms with Gasteiger partial charge >= 0.3 is 0 Å². The molecule has 7 nitrogen and oxygen atoms in total. The number of sulfonamides is 1. The maximum atomic E-state index is 13.5. The number of benzene rings is 2. The molecule has 0 aliphatic carbocycles. The summed E-state index contributed by atoms with van der Waals surface area (Å²) in [7, 11) is -3.75. The lowest BCUT2D eigenvalue weighted by molar-refractivity contribution is -0.140. The SMILES string of the molecule is Cc1cccc(N(CC(=O)N(Cc2cccc(Cl)c2)C(C)C(=O)NC(C)(C)C)S(C)(=O)=O)c1. The maximum Gasteiger partial charge on any atom is 0.244 e. The van der Waals surface area contributed by atoms with Crippen molar-refractivity contribution in [2.75, 3.05) is 17.1 Å². The molecule has 0 radical (unpaired) electrons. The molecule has 0 fully saturated rings. The first-order valence-electron chi connectivity index (χ1n) is 10.6. The van der Waals surface area contributed by atoms with Gasteiger partial charge in [-0.1, -0.05) is 35.9 Å². The van der Waals surface area contributed by atoms with E-state index in [1.807, 2.05) is 33.8 Å². The number of hydrogen-bond donors (Lipinski definition) is 1. The molecule has 1 N–H and O–H groups in total. The molecule has 9 heteroatoms. The standard InChI is InChI=1S/C24H32ClN3O4S/c1-17-9-7-12-21(13-17)28(33(6,31)32)16-22(29)27(15-19-10-8-11-20(25)14-19)18(2)23(30)26-24(3,4)5/h7-14,18H,15-16H2,1-6H3,(H,26,30). The third kappa shape index (κ3) is 8.05. The Morgan fingerprint density at radius 3 is 2.27 bits per heavy atom. The Morgan fingerprint density at radius 1 is 1.09 bits per heavy atom. The highest BCUT2D eigenvalue weighted by molar-refractivity contribution is 7.92. The number of carbonyl (C=O) groups excluding carboxylic acids is 2. The van der Waals surface area contributed by atoms with Gasteiger partial charge in [-0.3, -0.25) is 13.9 Å². The van der Waals surface area contributed by atoms with Crippen LogP contribution in [-0.4, -0.2) is 49.5 Å². The monoisotopic (exact) mass is 493 g/mol. The number of rotatable bonds is 8. The molecule has 2 amide bonds. The van der Waals surface area contributed by atoms with Gasteiger partial charge < -0.3 is 10.2 Å². The molecule has 1 atom stereocenters. The van der Waals surface area contributed by atoms with Crippen molar-refractivity contribution in [1.82, 2.24) is 10.2 Å². The van der Waals surface area contributed by atoms with E-state index in [9.17, 15) is 18.0 Å². The molecule has 2 rings (SSSR count). The fourth-order valence-electron chi connectivity index (χ4n) is 3.29. The van der Waals surface area contributed by atoms with Gasteiger partial charge in [-0.15, -0.1) is 0 Å². The molecular weight excluding hydrogens is 462 g/mol. The molecule has 180 valence electrons. The van der Waals surface area contributed by atoms with Crippen LogP contribution in [0, 0.1) is 6.92 Å². The molecule has 0 heterocycles. The number of amides is 2. The summed E-state index contributed by atoms with van der Waals surface area (Å²) in [6.07, 6.45) is 1.06. The van der Waals surface area contributed by atoms with Crippen molar-refractivity contribution >= 4 is 39.1 Å². The fourth-order valence-corrected chi connectivity index (χ4v) is 4.34. The molecule has 1 unspecified atom stereocenters. The summed E-state index contributed by atoms with van der Waals surface area (Å²) < 4.78 is 26.2. The lowest BCUT2D eigenvalue weighted by atomic mass is 10.1. The average molecular weight is 494 g/mol. The van der Waals surface area contributed by atoms with Crippen LogP contribution in [0.15, 0.2) is 48.5 Å². The predicted octanol–water partition coefficient (Wildman–Crippen LogP) is 3.75. The van der Waals surface area contributed by atoms with E-state index < -0.39 is 34.1 Å². The van der Waals surface area contributed by atoms with Gasteiger partial charge in [0.2, 0.25) is 21.8 Å². The van der Waals surface area contributed by atoms with Crippen molar-refractivity contribution in [2.24, 2.45) is 0 Å². The molecule has 0 saturated heterocycles. The summed E-state index contributed by atoms with van der Waals surface area (Å²) in [6, 6.07) is 13.1. The molecule has 0 saturated carbocycles. The molecule has 0 spiro atoms. The van der Waals surface area contributed by atoms with E-state index in [-0.39, 0.29) is 12.5 Å². The van der Waals surface area contributed by atoms with Gasteiger partial charge in [-0.2, -0.15) is 0 Å². The molecule has 0 bridgehead atoms. The van der Waals surface area contributed by atoms with Crippen LogP contribution in [0.2, 0.25) is 5.02 Å². The Balaban J connectivity index is 2.41. The van der Waals surface area contributed by atoms with E-state index >= 15 is 0 Å². The Hall–Kier alpha value is -2.58. The van der Waals surface area contributed by atoms with Gasteiger partial charge in [0, 0.05) is 17.1 Å². The Kier molecular flexibility index (Phi) is 8.54. The molecule has 33 heavy (non-hydrogen) atoms. The van der Waals surface area contributed by atoms with Crippen LogP contribution in [0.5, 0.6) is 0 Å². The summed E-state index contributed by atoms with van der Waals surface area (Å²) in [4.78, 5) is 27.7. The highest BCUT2D eigenvalue weighted by Gasteiger charge is 2.31. The van der Waals surface area contributed by atoms with E-state index in [1.165, 1.54) is 4.90 Å². The maximum absolute atomic E-state index is 13.5. The number of nitrogens with one attached hydrogen (secondary N) is 1. The Bertz CT molecular complexity index is 1110. The fraction of sp³-hybridized carbons (Fsp3) is 0.417. The van der Waals surface area contributed by atoms with E-state index in [0.29, 0.717) is 10.7 Å². The molecular formula is C24H32ClN3O4S. The molecule has 0 aromatic heterocycles. The summed E-state index contributed by atoms with van der Waals surface area (Å²) in [5, 5.41) is 3.39. The summed E-state index contributed by atoms with van der Waals surface area (Å²) in [6.45, 7) is 8.69. The zero-order chi connectivity index (χ0) is 25.0. The first-order valence-corrected chi connectivity index (χ1v) is 12.8. The van der Waals surface area contributed by atoms with Crippen molar-refractivity contribution < 1.29 is 18.0 Å². The highest BCUT2D eigenvalue weighted by Crippen LogP contribution is 2.21. The zero-order valence-electron chi connectivity index (χ0n) is 19.9. The van der Waals surface area contributed by atoms with Crippen molar-refractivity contribution in [3.63, 3.8) is 0 Å². The average Bonchev–Trinajstić information content (AvgIpc) is 2.67. The van der Waals surface area contributed by atoms with Crippen molar-refractivity contribution in [3.05, 3.63) is 64.7 Å². The highest BCUT2D eigenvalue weighted by atomic mass is 35.5. The number of halogens is 1. The number of carbonyl (C=O) groups is 2. The van der Waals surface area contributed by atoms with Crippen molar-refractivity contribution in [2.45, 2.75) is 52.7 Å². The number of aryl methyl sites for hydroxylation is 1. The van der Waals surface area contributed by atoms with Crippen LogP contribution in [0.25, 0.3) is 0 Å². The van der Waals surface area contributed by atoms with E-state index in [2.05, 4.69) is 5.32 Å². The van der Waals surface area contributed by atoms with Crippen LogP contribution >= 0.6 is 11.6 Å². The third-order valence-corrected chi connectivity index (χ3v) is 6.25. The van der Waals surface area contributed by atoms with Gasteiger partial charge in [0.05, 0.1) is 11.9 Å². The Morgan fingerprint density at radius 2 is 1.73 bits per heavy atom. The van der Waals surface area contributed by atoms with Gasteiger partial charge in [0.25, 0.3) is 0 Å². The predicted molar refractivity (Wildman–Crippen MR) is 133 cm³/mol. The van der Waals surface area contributed by atoms with Crippen LogP contribution < -0.4 is 9.62 Å². The second-order valence-electron chi connectivity index (χ2n) is 9.18. The second-order valence-corrected chi connectivity index (χ2v) is 11.5. The zero-order valence-corrected chi connectivity index (χ0v) is 21.5. The van der Waals surface area contributed by atoms with Crippen LogP contribution in [0.1, 0.15) is 38.8 Å². The quantitative estimate of drug-likeness (QED) is 0.606. The van der Waals surface area contributed by atoms with Crippen LogP contribution in [-0.2, 0) is 26.2 Å². The number of hydrogen-bond acceptors (Lipinski definition) is 4. The molecule has 0 aliphatic heterocycles. The lowest BCUT2D eigenvalue weighted by Crippen LogP contribution is -2.54. The van der Waals surface area contributed by atoms with Gasteiger partial charge in [-0.25, -0.2) is 8.42 Å². The van der Waals surface area contributed by atoms with E-state index in [1.54, 1.807) is 49.4 Å². The van der Waals surface area contributed by atoms with Gasteiger partial charge in [-0.05, 0) is 70.0 Å². The minimum Gasteiger partial charge on any atom is -0.350 e. The third-order valence-electron chi connectivity index (χ3n) is 4.88. The van der Waals surface area contributed by atoms with Crippen LogP contribution in [0.3, 0.4) is 0 Å². The van der Waals surface area contributed by atoms with Crippen molar-refractivity contribution in [1.29, 1.82) is 0 Å². The number of anilines is 1. The normalized spacial score (nSPS) is 12.7. The minimum atomic E-state index is -3.75. The smallest absolute Gasteiger partial charge is 0.244 e. The van der Waals surface area contributed by atoms with Gasteiger partial charge in [0.15, 0.2) is 0 Å². The molecule has 2 aromatic rings. The first-order chi connectivity index (χ1) is 15.2.